The molecule has 0 amide bonds. The van der Waals surface area contributed by atoms with Crippen molar-refractivity contribution in [1.29, 1.82) is 0 Å². The van der Waals surface area contributed by atoms with Crippen LogP contribution in [-0.4, -0.2) is 13.2 Å². The summed E-state index contributed by atoms with van der Waals surface area (Å²) in [6.45, 7) is 3.96. The van der Waals surface area contributed by atoms with Crippen molar-refractivity contribution in [3.63, 3.8) is 0 Å². The van der Waals surface area contributed by atoms with Crippen LogP contribution in [-0.2, 0) is 5.54 Å². The van der Waals surface area contributed by atoms with E-state index in [-0.39, 0.29) is 6.10 Å². The highest BCUT2D eigenvalue weighted by molar-refractivity contribution is 9.10. The van der Waals surface area contributed by atoms with Crippen LogP contribution >= 0.6 is 15.9 Å². The first-order chi connectivity index (χ1) is 8.93. The zero-order valence-electron chi connectivity index (χ0n) is 11.8. The lowest BCUT2D eigenvalue weighted by Gasteiger charge is -2.27. The first kappa shape index (κ1) is 14.7. The molecule has 106 valence electrons. The third-order valence-corrected chi connectivity index (χ3v) is 4.18. The predicted octanol–water partition coefficient (Wildman–Crippen LogP) is 3.97. The molecule has 1 aliphatic rings. The summed E-state index contributed by atoms with van der Waals surface area (Å²) in [6.07, 6.45) is 4.98. The van der Waals surface area contributed by atoms with E-state index in [1.54, 1.807) is 7.11 Å². The molecule has 0 bridgehead atoms. The fraction of sp³-hybridized carbons (Fsp3) is 0.600. The largest absolute Gasteiger partial charge is 0.493 e. The molecule has 4 heteroatoms. The van der Waals surface area contributed by atoms with Crippen molar-refractivity contribution in [3.05, 3.63) is 22.2 Å². The van der Waals surface area contributed by atoms with Crippen LogP contribution in [0.2, 0.25) is 0 Å². The maximum atomic E-state index is 6.29. The number of hydrogen-bond acceptors (Lipinski definition) is 3. The Morgan fingerprint density at radius 2 is 1.89 bits per heavy atom. The van der Waals surface area contributed by atoms with Crippen LogP contribution < -0.4 is 15.2 Å². The third kappa shape index (κ3) is 3.23. The molecule has 2 N–H and O–H groups in total. The molecule has 2 rings (SSSR count). The van der Waals surface area contributed by atoms with Gasteiger partial charge in [0.15, 0.2) is 11.5 Å². The summed E-state index contributed by atoms with van der Waals surface area (Å²) in [4.78, 5) is 0. The van der Waals surface area contributed by atoms with Crippen molar-refractivity contribution < 1.29 is 9.47 Å². The molecule has 1 aliphatic carbocycles. The van der Waals surface area contributed by atoms with Crippen LogP contribution in [0.15, 0.2) is 16.6 Å². The third-order valence-electron chi connectivity index (χ3n) is 3.52. The van der Waals surface area contributed by atoms with E-state index in [9.17, 15) is 0 Å². The lowest BCUT2D eigenvalue weighted by molar-refractivity contribution is 0.195. The molecule has 0 atom stereocenters. The van der Waals surface area contributed by atoms with Gasteiger partial charge < -0.3 is 15.2 Å². The van der Waals surface area contributed by atoms with Gasteiger partial charge in [0.25, 0.3) is 0 Å². The Labute approximate surface area is 123 Å². The zero-order chi connectivity index (χ0) is 14.0. The Bertz CT molecular complexity index is 448. The van der Waals surface area contributed by atoms with Gasteiger partial charge in [0.1, 0.15) is 0 Å². The number of benzene rings is 1. The second kappa shape index (κ2) is 5.71. The standard InChI is InChI=1S/C15H22BrNO2/c1-15(2,17)13-11(16)8-9-12(18-3)14(13)19-10-6-4-5-7-10/h8-10H,4-7,17H2,1-3H3. The topological polar surface area (TPSA) is 44.5 Å². The van der Waals surface area contributed by atoms with Crippen LogP contribution in [0.1, 0.15) is 45.1 Å². The minimum Gasteiger partial charge on any atom is -0.493 e. The first-order valence-electron chi connectivity index (χ1n) is 6.76. The maximum Gasteiger partial charge on any atom is 0.167 e. The highest BCUT2D eigenvalue weighted by Crippen LogP contribution is 2.42. The van der Waals surface area contributed by atoms with Gasteiger partial charge >= 0.3 is 0 Å². The van der Waals surface area contributed by atoms with E-state index >= 15 is 0 Å². The van der Waals surface area contributed by atoms with Gasteiger partial charge in [0, 0.05) is 15.6 Å². The first-order valence-corrected chi connectivity index (χ1v) is 7.55. The number of rotatable bonds is 4. The molecule has 0 aromatic heterocycles. The molecule has 1 aromatic rings. The molecule has 0 heterocycles. The number of halogens is 1. The minimum absolute atomic E-state index is 0.282. The maximum absolute atomic E-state index is 6.29. The monoisotopic (exact) mass is 327 g/mol. The normalized spacial score (nSPS) is 16.7. The Kier molecular flexibility index (Phi) is 4.41. The average molecular weight is 328 g/mol. The highest BCUT2D eigenvalue weighted by atomic mass is 79.9. The highest BCUT2D eigenvalue weighted by Gasteiger charge is 2.28. The summed E-state index contributed by atoms with van der Waals surface area (Å²) in [5.41, 5.74) is 6.78. The molecule has 3 nitrogen and oxygen atoms in total. The quantitative estimate of drug-likeness (QED) is 0.909. The smallest absolute Gasteiger partial charge is 0.167 e. The molecule has 1 fully saturated rings. The van der Waals surface area contributed by atoms with Gasteiger partial charge in [-0.15, -0.1) is 0 Å². The van der Waals surface area contributed by atoms with E-state index in [0.29, 0.717) is 0 Å². The van der Waals surface area contributed by atoms with Crippen molar-refractivity contribution in [2.45, 2.75) is 51.2 Å². The molecule has 0 aliphatic heterocycles. The van der Waals surface area contributed by atoms with Crippen LogP contribution in [0.5, 0.6) is 11.5 Å². The summed E-state index contributed by atoms with van der Waals surface area (Å²) in [5.74, 6) is 1.54. The molecule has 0 radical (unpaired) electrons. The molecule has 0 spiro atoms. The number of hydrogen-bond donors (Lipinski definition) is 1. The molecule has 1 saturated carbocycles. The average Bonchev–Trinajstić information content (AvgIpc) is 2.80. The van der Waals surface area contributed by atoms with E-state index in [0.717, 1.165) is 34.4 Å². The number of methoxy groups -OCH3 is 1. The van der Waals surface area contributed by atoms with E-state index in [1.807, 2.05) is 26.0 Å². The Morgan fingerprint density at radius 3 is 2.42 bits per heavy atom. The lowest BCUT2D eigenvalue weighted by atomic mass is 9.94. The zero-order valence-corrected chi connectivity index (χ0v) is 13.4. The number of ether oxygens (including phenoxy) is 2. The summed E-state index contributed by atoms with van der Waals surface area (Å²) in [7, 11) is 1.66. The Morgan fingerprint density at radius 1 is 1.26 bits per heavy atom. The van der Waals surface area contributed by atoms with Gasteiger partial charge in [-0.1, -0.05) is 15.9 Å². The Balaban J connectivity index is 2.44. The van der Waals surface area contributed by atoms with E-state index in [2.05, 4.69) is 15.9 Å². The van der Waals surface area contributed by atoms with Gasteiger partial charge in [-0.3, -0.25) is 0 Å². The summed E-state index contributed by atoms with van der Waals surface area (Å²) < 4.78 is 12.6. The molecular weight excluding hydrogens is 306 g/mol. The van der Waals surface area contributed by atoms with Gasteiger partial charge in [0.2, 0.25) is 0 Å². The van der Waals surface area contributed by atoms with Crippen molar-refractivity contribution >= 4 is 15.9 Å². The second-order valence-electron chi connectivity index (χ2n) is 5.70. The molecular formula is C15H22BrNO2. The SMILES string of the molecule is COc1ccc(Br)c(C(C)(C)N)c1OC1CCCC1. The van der Waals surface area contributed by atoms with Crippen LogP contribution in [0.4, 0.5) is 0 Å². The van der Waals surface area contributed by atoms with Crippen molar-refractivity contribution in [1.82, 2.24) is 0 Å². The van der Waals surface area contributed by atoms with Gasteiger partial charge in [0.05, 0.1) is 13.2 Å². The molecule has 0 saturated heterocycles. The van der Waals surface area contributed by atoms with Crippen molar-refractivity contribution in [2.75, 3.05) is 7.11 Å². The lowest BCUT2D eigenvalue weighted by Crippen LogP contribution is -2.30. The Hall–Kier alpha value is -0.740. The molecule has 0 unspecified atom stereocenters. The van der Waals surface area contributed by atoms with Gasteiger partial charge in [-0.05, 0) is 51.7 Å². The predicted molar refractivity (Wildman–Crippen MR) is 80.8 cm³/mol. The van der Waals surface area contributed by atoms with E-state index in [4.69, 9.17) is 15.2 Å². The molecule has 1 aromatic carbocycles. The van der Waals surface area contributed by atoms with Gasteiger partial charge in [-0.25, -0.2) is 0 Å². The van der Waals surface area contributed by atoms with Crippen molar-refractivity contribution in [3.8, 4) is 11.5 Å². The second-order valence-corrected chi connectivity index (χ2v) is 6.55. The van der Waals surface area contributed by atoms with E-state index < -0.39 is 5.54 Å². The van der Waals surface area contributed by atoms with Crippen LogP contribution in [0.3, 0.4) is 0 Å². The van der Waals surface area contributed by atoms with Crippen LogP contribution in [0.25, 0.3) is 0 Å². The van der Waals surface area contributed by atoms with E-state index in [1.165, 1.54) is 12.8 Å². The summed E-state index contributed by atoms with van der Waals surface area (Å²) in [6, 6.07) is 3.88. The van der Waals surface area contributed by atoms with Crippen LogP contribution in [0, 0.1) is 0 Å². The minimum atomic E-state index is -0.485. The summed E-state index contributed by atoms with van der Waals surface area (Å²) >= 11 is 3.58. The molecule has 19 heavy (non-hydrogen) atoms. The number of nitrogens with two attached hydrogens (primary N) is 1. The van der Waals surface area contributed by atoms with Crippen molar-refractivity contribution in [2.24, 2.45) is 5.73 Å². The fourth-order valence-electron chi connectivity index (χ4n) is 2.59. The summed E-state index contributed by atoms with van der Waals surface area (Å²) in [5, 5.41) is 0. The fourth-order valence-corrected chi connectivity index (χ4v) is 3.41. The van der Waals surface area contributed by atoms with Gasteiger partial charge in [-0.2, -0.15) is 0 Å².